The Bertz CT molecular complexity index is 604. The van der Waals surface area contributed by atoms with E-state index in [1.807, 2.05) is 0 Å². The number of nitrogens with zero attached hydrogens (tertiary/aromatic N) is 2. The summed E-state index contributed by atoms with van der Waals surface area (Å²) < 4.78 is 10.6. The fraction of sp³-hybridized carbons (Fsp3) is 0.588. The fourth-order valence-electron chi connectivity index (χ4n) is 1.68. The highest BCUT2D eigenvalue weighted by Gasteiger charge is 2.30. The van der Waals surface area contributed by atoms with Gasteiger partial charge in [-0.3, -0.25) is 0 Å². The predicted molar refractivity (Wildman–Crippen MR) is 91.9 cm³/mol. The second kappa shape index (κ2) is 7.67. The molecule has 6 nitrogen and oxygen atoms in total. The zero-order valence-corrected chi connectivity index (χ0v) is 15.8. The Hall–Kier alpha value is -2.07. The molecule has 0 bridgehead atoms. The highest BCUT2D eigenvalue weighted by atomic mass is 32.1. The lowest BCUT2D eigenvalue weighted by atomic mass is 10.2. The van der Waals surface area contributed by atoms with Crippen molar-refractivity contribution in [3.8, 4) is 6.07 Å². The number of hydrogen-bond donors (Lipinski definition) is 0. The number of carbonyl (C=O) groups is 2. The minimum atomic E-state index is -0.742. The molecule has 1 aromatic heterocycles. The fourth-order valence-corrected chi connectivity index (χ4v) is 2.49. The van der Waals surface area contributed by atoms with Gasteiger partial charge in [-0.1, -0.05) is 0 Å². The van der Waals surface area contributed by atoms with E-state index in [1.165, 1.54) is 11.3 Å². The third-order valence-electron chi connectivity index (χ3n) is 2.59. The summed E-state index contributed by atoms with van der Waals surface area (Å²) in [5.41, 5.74) is -0.862. The topological polar surface area (TPSA) is 79.6 Å². The van der Waals surface area contributed by atoms with Crippen molar-refractivity contribution in [1.29, 1.82) is 5.26 Å². The van der Waals surface area contributed by atoms with Gasteiger partial charge >= 0.3 is 12.2 Å². The molecule has 1 aromatic rings. The quantitative estimate of drug-likeness (QED) is 0.808. The van der Waals surface area contributed by atoms with Crippen molar-refractivity contribution >= 4 is 23.5 Å². The van der Waals surface area contributed by atoms with Crippen molar-refractivity contribution in [2.75, 3.05) is 6.54 Å². The van der Waals surface area contributed by atoms with Gasteiger partial charge in [-0.15, -0.1) is 11.3 Å². The molecule has 24 heavy (non-hydrogen) atoms. The molecular weight excluding hydrogens is 328 g/mol. The van der Waals surface area contributed by atoms with Crippen LogP contribution in [-0.2, 0) is 15.9 Å². The zero-order chi connectivity index (χ0) is 18.5. The average molecular weight is 352 g/mol. The highest BCUT2D eigenvalue weighted by molar-refractivity contribution is 7.10. The maximum absolute atomic E-state index is 12.3. The summed E-state index contributed by atoms with van der Waals surface area (Å²) in [4.78, 5) is 26.5. The molecule has 0 saturated heterocycles. The molecule has 1 heterocycles. The summed E-state index contributed by atoms with van der Waals surface area (Å²) in [5, 5.41) is 10.6. The van der Waals surface area contributed by atoms with Crippen molar-refractivity contribution in [2.45, 2.75) is 59.2 Å². The maximum Gasteiger partial charge on any atom is 0.419 e. The normalized spacial score (nSPS) is 11.5. The van der Waals surface area contributed by atoms with Crippen LogP contribution in [0.1, 0.15) is 52.0 Å². The highest BCUT2D eigenvalue weighted by Crippen LogP contribution is 2.18. The summed E-state index contributed by atoms with van der Waals surface area (Å²) in [5.74, 6) is 0. The molecular formula is C17H24N2O4S. The molecule has 2 amide bonds. The van der Waals surface area contributed by atoms with Gasteiger partial charge in [-0.2, -0.15) is 5.26 Å². The van der Waals surface area contributed by atoms with Crippen LogP contribution in [0.15, 0.2) is 11.4 Å². The number of rotatable bonds is 3. The van der Waals surface area contributed by atoms with Gasteiger partial charge < -0.3 is 9.47 Å². The number of ether oxygens (including phenoxy) is 2. The van der Waals surface area contributed by atoms with Crippen LogP contribution in [0.4, 0.5) is 9.59 Å². The molecule has 0 N–H and O–H groups in total. The largest absolute Gasteiger partial charge is 0.443 e. The van der Waals surface area contributed by atoms with Crippen LogP contribution in [0.5, 0.6) is 0 Å². The van der Waals surface area contributed by atoms with Gasteiger partial charge in [0.15, 0.2) is 0 Å². The van der Waals surface area contributed by atoms with Gasteiger partial charge in [0, 0.05) is 23.2 Å². The second-order valence-corrected chi connectivity index (χ2v) is 8.27. The third kappa shape index (κ3) is 7.01. The van der Waals surface area contributed by atoms with Gasteiger partial charge in [0.25, 0.3) is 0 Å². The molecule has 1 rings (SSSR count). The maximum atomic E-state index is 12.3. The lowest BCUT2D eigenvalue weighted by molar-refractivity contribution is 0.00174. The predicted octanol–water partition coefficient (Wildman–Crippen LogP) is 4.33. The van der Waals surface area contributed by atoms with E-state index in [9.17, 15) is 9.59 Å². The number of thiophene rings is 1. The van der Waals surface area contributed by atoms with E-state index in [1.54, 1.807) is 53.0 Å². The molecule has 0 aromatic carbocycles. The Morgan fingerprint density at radius 2 is 1.62 bits per heavy atom. The number of hydrogen-bond acceptors (Lipinski definition) is 6. The van der Waals surface area contributed by atoms with E-state index in [0.29, 0.717) is 12.0 Å². The summed E-state index contributed by atoms with van der Waals surface area (Å²) >= 11 is 1.41. The zero-order valence-electron chi connectivity index (χ0n) is 15.0. The molecule has 0 unspecified atom stereocenters. The Kier molecular flexibility index (Phi) is 6.38. The molecule has 0 saturated carbocycles. The molecule has 0 aliphatic rings. The minimum Gasteiger partial charge on any atom is -0.443 e. The van der Waals surface area contributed by atoms with Crippen LogP contribution in [0.2, 0.25) is 0 Å². The number of imide groups is 1. The van der Waals surface area contributed by atoms with Crippen LogP contribution in [0.25, 0.3) is 0 Å². The number of nitriles is 1. The lowest BCUT2D eigenvalue weighted by Gasteiger charge is -2.28. The molecule has 0 aliphatic heterocycles. The number of amides is 2. The smallest absolute Gasteiger partial charge is 0.419 e. The van der Waals surface area contributed by atoms with Crippen LogP contribution in [0, 0.1) is 11.3 Å². The summed E-state index contributed by atoms with van der Waals surface area (Å²) in [6, 6.07) is 3.80. The van der Waals surface area contributed by atoms with Crippen molar-refractivity contribution < 1.29 is 19.1 Å². The van der Waals surface area contributed by atoms with Crippen LogP contribution < -0.4 is 0 Å². The van der Waals surface area contributed by atoms with E-state index in [2.05, 4.69) is 6.07 Å². The van der Waals surface area contributed by atoms with E-state index in [4.69, 9.17) is 14.7 Å². The number of carbonyl (C=O) groups excluding carboxylic acids is 2. The summed E-state index contributed by atoms with van der Waals surface area (Å²) in [7, 11) is 0. The van der Waals surface area contributed by atoms with Crippen LogP contribution in [-0.4, -0.2) is 34.8 Å². The monoisotopic (exact) mass is 352 g/mol. The Balaban J connectivity index is 2.85. The van der Waals surface area contributed by atoms with Crippen molar-refractivity contribution in [1.82, 2.24) is 4.90 Å². The Morgan fingerprint density at radius 3 is 2.00 bits per heavy atom. The third-order valence-corrected chi connectivity index (χ3v) is 3.59. The molecule has 0 atom stereocenters. The lowest BCUT2D eigenvalue weighted by Crippen LogP contribution is -2.44. The molecule has 0 aliphatic carbocycles. The van der Waals surface area contributed by atoms with Crippen molar-refractivity contribution in [3.63, 3.8) is 0 Å². The standard InChI is InChI=1S/C17H24N2O4S/c1-16(2,3)22-14(20)19(15(21)23-17(4,5)6)8-7-13-9-12(10-18)11-24-13/h9,11H,7-8H2,1-6H3. The second-order valence-electron chi connectivity index (χ2n) is 7.28. The van der Waals surface area contributed by atoms with Crippen molar-refractivity contribution in [3.05, 3.63) is 21.9 Å². The van der Waals surface area contributed by atoms with Gasteiger partial charge in [-0.25, -0.2) is 14.5 Å². The van der Waals surface area contributed by atoms with E-state index < -0.39 is 23.4 Å². The first-order valence-electron chi connectivity index (χ1n) is 7.62. The summed E-state index contributed by atoms with van der Waals surface area (Å²) in [6.45, 7) is 10.5. The van der Waals surface area contributed by atoms with Gasteiger partial charge in [0.05, 0.1) is 5.56 Å². The Morgan fingerprint density at radius 1 is 1.12 bits per heavy atom. The SMILES string of the molecule is CC(C)(C)OC(=O)N(CCc1cc(C#N)cs1)C(=O)OC(C)(C)C. The van der Waals surface area contributed by atoms with E-state index >= 15 is 0 Å². The minimum absolute atomic E-state index is 0.120. The molecule has 0 radical (unpaired) electrons. The Labute approximate surface area is 147 Å². The van der Waals surface area contributed by atoms with Gasteiger partial charge in [-0.05, 0) is 47.6 Å². The molecule has 0 spiro atoms. The van der Waals surface area contributed by atoms with Gasteiger partial charge in [0.2, 0.25) is 0 Å². The molecule has 7 heteroatoms. The first-order valence-corrected chi connectivity index (χ1v) is 8.50. The van der Waals surface area contributed by atoms with Gasteiger partial charge in [0.1, 0.15) is 17.3 Å². The van der Waals surface area contributed by atoms with Crippen LogP contribution >= 0.6 is 11.3 Å². The van der Waals surface area contributed by atoms with E-state index in [-0.39, 0.29) is 6.54 Å². The first-order chi connectivity index (χ1) is 10.9. The summed E-state index contributed by atoms with van der Waals surface area (Å²) in [6.07, 6.45) is -1.05. The van der Waals surface area contributed by atoms with Crippen LogP contribution in [0.3, 0.4) is 0 Å². The molecule has 0 fully saturated rings. The average Bonchev–Trinajstić information content (AvgIpc) is 2.82. The van der Waals surface area contributed by atoms with E-state index in [0.717, 1.165) is 9.78 Å². The molecule has 132 valence electrons. The van der Waals surface area contributed by atoms with Crippen molar-refractivity contribution in [2.24, 2.45) is 0 Å². The first kappa shape index (κ1) is 20.0.